The molecule has 1 atom stereocenters. The van der Waals surface area contributed by atoms with Crippen LogP contribution in [0.3, 0.4) is 0 Å². The molecule has 1 aliphatic rings. The summed E-state index contributed by atoms with van der Waals surface area (Å²) in [5.41, 5.74) is 0.986. The monoisotopic (exact) mass is 525 g/mol. The number of methoxy groups -OCH3 is 1. The first-order chi connectivity index (χ1) is 15.3. The van der Waals surface area contributed by atoms with Crippen LogP contribution in [0.2, 0.25) is 0 Å². The Balaban J connectivity index is 1.48. The number of sulfonamides is 1. The fourth-order valence-corrected chi connectivity index (χ4v) is 4.91. The molecular formula is C21H24BrN3O6S. The number of hydrogen-bond donors (Lipinski definition) is 2. The molecule has 1 heterocycles. The van der Waals surface area contributed by atoms with Gasteiger partial charge in [0.05, 0.1) is 25.2 Å². The quantitative estimate of drug-likeness (QED) is 0.501. The van der Waals surface area contributed by atoms with Crippen LogP contribution in [-0.2, 0) is 30.8 Å². The summed E-state index contributed by atoms with van der Waals surface area (Å²) in [6.45, 7) is 0.500. The molecule has 0 saturated carbocycles. The van der Waals surface area contributed by atoms with E-state index < -0.39 is 28.1 Å². The molecule has 1 fully saturated rings. The predicted molar refractivity (Wildman–Crippen MR) is 120 cm³/mol. The molecule has 11 heteroatoms. The Morgan fingerprint density at radius 3 is 2.41 bits per heavy atom. The molecule has 0 spiro atoms. The van der Waals surface area contributed by atoms with Gasteiger partial charge in [-0.25, -0.2) is 8.42 Å². The van der Waals surface area contributed by atoms with Crippen LogP contribution in [0.5, 0.6) is 5.75 Å². The molecule has 0 aliphatic carbocycles. The molecule has 2 aromatic rings. The predicted octanol–water partition coefficient (Wildman–Crippen LogP) is 1.28. The van der Waals surface area contributed by atoms with E-state index in [1.165, 1.54) is 16.4 Å². The number of nitrogens with one attached hydrogen (secondary N) is 2. The maximum absolute atomic E-state index is 12.9. The number of nitrogens with zero attached hydrogens (tertiary/aromatic N) is 1. The second-order valence-electron chi connectivity index (χ2n) is 6.96. The second-order valence-corrected chi connectivity index (χ2v) is 9.77. The van der Waals surface area contributed by atoms with E-state index in [4.69, 9.17) is 9.47 Å². The highest BCUT2D eigenvalue weighted by molar-refractivity contribution is 9.10. The van der Waals surface area contributed by atoms with Crippen molar-refractivity contribution in [3.05, 3.63) is 58.6 Å². The third kappa shape index (κ3) is 6.06. The van der Waals surface area contributed by atoms with Crippen LogP contribution in [0.25, 0.3) is 0 Å². The number of hydrogen-bond acceptors (Lipinski definition) is 6. The summed E-state index contributed by atoms with van der Waals surface area (Å²) < 4.78 is 38.3. The van der Waals surface area contributed by atoms with Gasteiger partial charge < -0.3 is 20.1 Å². The number of halogens is 1. The van der Waals surface area contributed by atoms with Crippen molar-refractivity contribution in [3.8, 4) is 5.75 Å². The van der Waals surface area contributed by atoms with Gasteiger partial charge in [0.25, 0.3) is 0 Å². The van der Waals surface area contributed by atoms with Crippen LogP contribution in [-0.4, -0.2) is 64.1 Å². The third-order valence-electron chi connectivity index (χ3n) is 4.87. The molecular weight excluding hydrogens is 502 g/mol. The van der Waals surface area contributed by atoms with Crippen LogP contribution >= 0.6 is 15.9 Å². The second kappa shape index (κ2) is 10.9. The van der Waals surface area contributed by atoms with Crippen LogP contribution in [0.15, 0.2) is 57.9 Å². The van der Waals surface area contributed by atoms with E-state index in [0.717, 1.165) is 15.8 Å². The number of carbonyl (C=O) groups excluding carboxylic acids is 2. The van der Waals surface area contributed by atoms with Crippen LogP contribution in [0, 0.1) is 0 Å². The fraction of sp³-hybridized carbons (Fsp3) is 0.333. The number of amides is 2. The van der Waals surface area contributed by atoms with Gasteiger partial charge in [0, 0.05) is 17.6 Å². The normalized spacial score (nSPS) is 16.5. The molecule has 2 amide bonds. The van der Waals surface area contributed by atoms with Crippen molar-refractivity contribution in [3.63, 3.8) is 0 Å². The topological polar surface area (TPSA) is 114 Å². The fourth-order valence-electron chi connectivity index (χ4n) is 3.14. The van der Waals surface area contributed by atoms with Crippen LogP contribution < -0.4 is 15.4 Å². The van der Waals surface area contributed by atoms with E-state index in [1.807, 2.05) is 24.3 Å². The van der Waals surface area contributed by atoms with E-state index in [9.17, 15) is 18.0 Å². The van der Waals surface area contributed by atoms with E-state index in [-0.39, 0.29) is 31.1 Å². The summed E-state index contributed by atoms with van der Waals surface area (Å²) in [5, 5.41) is 4.99. The number of carbonyl (C=O) groups is 2. The molecule has 2 N–H and O–H groups in total. The van der Waals surface area contributed by atoms with Crippen molar-refractivity contribution in [2.45, 2.75) is 17.5 Å². The Kier molecular flexibility index (Phi) is 8.24. The minimum Gasteiger partial charge on any atom is -0.497 e. The zero-order chi connectivity index (χ0) is 23.1. The Hall–Kier alpha value is -2.47. The lowest BCUT2D eigenvalue weighted by Gasteiger charge is -2.22. The number of rotatable bonds is 8. The maximum Gasteiger partial charge on any atom is 0.309 e. The Morgan fingerprint density at radius 2 is 1.75 bits per heavy atom. The molecule has 172 valence electrons. The van der Waals surface area contributed by atoms with E-state index in [2.05, 4.69) is 26.6 Å². The molecule has 9 nitrogen and oxygen atoms in total. The summed E-state index contributed by atoms with van der Waals surface area (Å²) in [6.07, 6.45) is -0.340. The van der Waals surface area contributed by atoms with Gasteiger partial charge in [0.1, 0.15) is 12.0 Å². The van der Waals surface area contributed by atoms with Gasteiger partial charge in [0.2, 0.25) is 10.0 Å². The zero-order valence-corrected chi connectivity index (χ0v) is 19.8. The first-order valence-corrected chi connectivity index (χ1v) is 12.1. The first kappa shape index (κ1) is 24.2. The molecule has 2 aromatic carbocycles. The molecule has 1 saturated heterocycles. The van der Waals surface area contributed by atoms with Crippen molar-refractivity contribution in [1.82, 2.24) is 14.9 Å². The molecule has 0 aromatic heterocycles. The van der Waals surface area contributed by atoms with Gasteiger partial charge in [-0.15, -0.1) is 0 Å². The van der Waals surface area contributed by atoms with Crippen molar-refractivity contribution in [2.75, 3.05) is 33.4 Å². The molecule has 0 bridgehead atoms. The lowest BCUT2D eigenvalue weighted by Crippen LogP contribution is -2.47. The Labute approximate surface area is 195 Å². The highest BCUT2D eigenvalue weighted by atomic mass is 79.9. The van der Waals surface area contributed by atoms with Gasteiger partial charge in [-0.3, -0.25) is 9.59 Å². The highest BCUT2D eigenvalue weighted by Gasteiger charge is 2.36. The summed E-state index contributed by atoms with van der Waals surface area (Å²) in [5.74, 6) is -0.905. The van der Waals surface area contributed by atoms with Gasteiger partial charge in [0.15, 0.2) is 0 Å². The average molecular weight is 526 g/mol. The summed E-state index contributed by atoms with van der Waals surface area (Å²) >= 11 is 3.28. The van der Waals surface area contributed by atoms with E-state index in [0.29, 0.717) is 6.42 Å². The standard InChI is InChI=1S/C21H24BrN3O6S/c1-30-17-6-2-15(3-7-17)10-11-23-20(26)21(27)24-14-19-25(12-13-31-19)32(28,29)18-8-4-16(22)5-9-18/h2-9,19H,10-14H2,1H3,(H,23,26)(H,24,27)/t19-/m0/s1. The first-order valence-electron chi connectivity index (χ1n) is 9.89. The molecule has 32 heavy (non-hydrogen) atoms. The van der Waals surface area contributed by atoms with Gasteiger partial charge in [-0.2, -0.15) is 4.31 Å². The largest absolute Gasteiger partial charge is 0.497 e. The molecule has 1 aliphatic heterocycles. The van der Waals surface area contributed by atoms with Gasteiger partial charge in [-0.05, 0) is 48.4 Å². The summed E-state index contributed by atoms with van der Waals surface area (Å²) in [7, 11) is -2.21. The lowest BCUT2D eigenvalue weighted by atomic mass is 10.1. The molecule has 3 rings (SSSR count). The van der Waals surface area contributed by atoms with Crippen LogP contribution in [0.4, 0.5) is 0 Å². The zero-order valence-electron chi connectivity index (χ0n) is 17.4. The summed E-state index contributed by atoms with van der Waals surface area (Å²) in [6, 6.07) is 13.6. The maximum atomic E-state index is 12.9. The van der Waals surface area contributed by atoms with E-state index in [1.54, 1.807) is 19.2 Å². The van der Waals surface area contributed by atoms with Gasteiger partial charge >= 0.3 is 11.8 Å². The Morgan fingerprint density at radius 1 is 1.09 bits per heavy atom. The minimum atomic E-state index is -3.80. The molecule has 0 unspecified atom stereocenters. The van der Waals surface area contributed by atoms with Crippen molar-refractivity contribution < 1.29 is 27.5 Å². The number of ether oxygens (including phenoxy) is 2. The number of benzene rings is 2. The summed E-state index contributed by atoms with van der Waals surface area (Å²) in [4.78, 5) is 24.3. The highest BCUT2D eigenvalue weighted by Crippen LogP contribution is 2.23. The average Bonchev–Trinajstić information content (AvgIpc) is 3.28. The Bertz CT molecular complexity index is 1040. The van der Waals surface area contributed by atoms with E-state index >= 15 is 0 Å². The minimum absolute atomic E-state index is 0.124. The molecule has 0 radical (unpaired) electrons. The van der Waals surface area contributed by atoms with Crippen molar-refractivity contribution in [2.24, 2.45) is 0 Å². The van der Waals surface area contributed by atoms with Crippen molar-refractivity contribution >= 4 is 37.8 Å². The lowest BCUT2D eigenvalue weighted by molar-refractivity contribution is -0.139. The van der Waals surface area contributed by atoms with Gasteiger partial charge in [-0.1, -0.05) is 28.1 Å². The SMILES string of the molecule is COc1ccc(CCNC(=O)C(=O)NC[C@@H]2OCCN2S(=O)(=O)c2ccc(Br)cc2)cc1. The van der Waals surface area contributed by atoms with Crippen molar-refractivity contribution in [1.29, 1.82) is 0 Å². The smallest absolute Gasteiger partial charge is 0.309 e. The van der Waals surface area contributed by atoms with Crippen LogP contribution in [0.1, 0.15) is 5.56 Å². The third-order valence-corrected chi connectivity index (χ3v) is 7.30.